The van der Waals surface area contributed by atoms with Gasteiger partial charge < -0.3 is 16.0 Å². The maximum atomic E-state index is 4.60. The molecule has 0 saturated heterocycles. The number of hydrogen-bond acceptors (Lipinski definition) is 3. The summed E-state index contributed by atoms with van der Waals surface area (Å²) in [5.74, 6) is 2.29. The van der Waals surface area contributed by atoms with Crippen molar-refractivity contribution in [3.63, 3.8) is 0 Å². The van der Waals surface area contributed by atoms with E-state index in [9.17, 15) is 0 Å². The highest BCUT2D eigenvalue weighted by Gasteiger charge is 2.08. The van der Waals surface area contributed by atoms with E-state index in [2.05, 4.69) is 58.8 Å². The van der Waals surface area contributed by atoms with Crippen LogP contribution in [0.3, 0.4) is 0 Å². The number of hydrogen-bond donors (Lipinski definition) is 3. The van der Waals surface area contributed by atoms with Crippen molar-refractivity contribution in [2.45, 2.75) is 26.8 Å². The number of benzene rings is 1. The van der Waals surface area contributed by atoms with Gasteiger partial charge in [-0.3, -0.25) is 4.99 Å². The Hall–Kier alpha value is -1.57. The number of anilines is 1. The minimum atomic E-state index is 0. The molecule has 1 aromatic carbocycles. The van der Waals surface area contributed by atoms with E-state index in [1.165, 1.54) is 0 Å². The Morgan fingerprint density at radius 3 is 2.54 bits per heavy atom. The fourth-order valence-corrected chi connectivity index (χ4v) is 2.11. The van der Waals surface area contributed by atoms with Crippen molar-refractivity contribution in [2.75, 3.05) is 25.5 Å². The molecule has 6 heteroatoms. The van der Waals surface area contributed by atoms with Crippen molar-refractivity contribution in [3.8, 4) is 0 Å². The normalized spacial score (nSPS) is 12.6. The Morgan fingerprint density at radius 2 is 1.83 bits per heavy atom. The highest BCUT2D eigenvalue weighted by Crippen LogP contribution is 2.14. The van der Waals surface area contributed by atoms with E-state index >= 15 is 0 Å². The van der Waals surface area contributed by atoms with Crippen LogP contribution < -0.4 is 16.0 Å². The van der Waals surface area contributed by atoms with Crippen LogP contribution >= 0.6 is 24.0 Å². The SMILES string of the molecule is CN=C(NCCNc1ccc2ccccc2n1)NC(C)C(C)C.I. The average Bonchev–Trinajstić information content (AvgIpc) is 2.57. The van der Waals surface area contributed by atoms with Crippen molar-refractivity contribution in [3.05, 3.63) is 36.4 Å². The van der Waals surface area contributed by atoms with Crippen LogP contribution in [0, 0.1) is 5.92 Å². The van der Waals surface area contributed by atoms with Gasteiger partial charge in [-0.1, -0.05) is 32.0 Å². The molecule has 1 unspecified atom stereocenters. The summed E-state index contributed by atoms with van der Waals surface area (Å²) in [4.78, 5) is 8.85. The second-order valence-corrected chi connectivity index (χ2v) is 5.99. The summed E-state index contributed by atoms with van der Waals surface area (Å²) in [6.07, 6.45) is 0. The molecule has 2 rings (SSSR count). The predicted molar refractivity (Wildman–Crippen MR) is 114 cm³/mol. The lowest BCUT2D eigenvalue weighted by molar-refractivity contribution is 0.481. The van der Waals surface area contributed by atoms with Gasteiger partial charge in [0.05, 0.1) is 5.52 Å². The fraction of sp³-hybridized carbons (Fsp3) is 0.444. The standard InChI is InChI=1S/C18H27N5.HI/c1-13(2)14(3)22-18(19-4)21-12-11-20-17-10-9-15-7-5-6-8-16(15)23-17;/h5-10,13-14H,11-12H2,1-4H3,(H,20,23)(H2,19,21,22);1H. The first-order valence-electron chi connectivity index (χ1n) is 8.17. The monoisotopic (exact) mass is 441 g/mol. The Kier molecular flexibility index (Phi) is 8.81. The molecule has 3 N–H and O–H groups in total. The van der Waals surface area contributed by atoms with Gasteiger partial charge in [0.1, 0.15) is 5.82 Å². The van der Waals surface area contributed by atoms with Crippen LogP contribution in [0.4, 0.5) is 5.82 Å². The number of halogens is 1. The number of nitrogens with one attached hydrogen (secondary N) is 3. The van der Waals surface area contributed by atoms with Crippen molar-refractivity contribution in [1.82, 2.24) is 15.6 Å². The highest BCUT2D eigenvalue weighted by atomic mass is 127. The molecule has 0 fully saturated rings. The van der Waals surface area contributed by atoms with Crippen LogP contribution in [0.5, 0.6) is 0 Å². The van der Waals surface area contributed by atoms with Gasteiger partial charge in [0.15, 0.2) is 5.96 Å². The molecule has 0 aliphatic heterocycles. The van der Waals surface area contributed by atoms with E-state index in [-0.39, 0.29) is 24.0 Å². The van der Waals surface area contributed by atoms with Crippen molar-refractivity contribution in [1.29, 1.82) is 0 Å². The van der Waals surface area contributed by atoms with E-state index in [0.717, 1.165) is 35.8 Å². The minimum Gasteiger partial charge on any atom is -0.368 e. The number of pyridine rings is 1. The topological polar surface area (TPSA) is 61.3 Å². The van der Waals surface area contributed by atoms with Gasteiger partial charge in [-0.05, 0) is 31.0 Å². The van der Waals surface area contributed by atoms with Gasteiger partial charge in [-0.25, -0.2) is 4.98 Å². The lowest BCUT2D eigenvalue weighted by Gasteiger charge is -2.20. The van der Waals surface area contributed by atoms with Crippen LogP contribution in [-0.2, 0) is 0 Å². The zero-order chi connectivity index (χ0) is 16.7. The summed E-state index contributed by atoms with van der Waals surface area (Å²) in [5.41, 5.74) is 1.01. The Bertz CT molecular complexity index is 657. The molecule has 1 heterocycles. The summed E-state index contributed by atoms with van der Waals surface area (Å²) in [7, 11) is 1.79. The maximum absolute atomic E-state index is 4.60. The zero-order valence-corrected chi connectivity index (χ0v) is 17.2. The third-order valence-electron chi connectivity index (χ3n) is 3.91. The van der Waals surface area contributed by atoms with Gasteiger partial charge in [-0.2, -0.15) is 0 Å². The summed E-state index contributed by atoms with van der Waals surface area (Å²) >= 11 is 0. The molecule has 0 aliphatic carbocycles. The van der Waals surface area contributed by atoms with E-state index in [4.69, 9.17) is 0 Å². The molecule has 1 atom stereocenters. The number of rotatable bonds is 6. The molecule has 2 aromatic rings. The van der Waals surface area contributed by atoms with Gasteiger partial charge in [0.25, 0.3) is 0 Å². The predicted octanol–water partition coefficient (Wildman–Crippen LogP) is 3.47. The van der Waals surface area contributed by atoms with Crippen molar-refractivity contribution >= 4 is 46.7 Å². The number of fused-ring (bicyclic) bond motifs is 1. The second kappa shape index (κ2) is 10.3. The van der Waals surface area contributed by atoms with E-state index in [1.54, 1.807) is 7.05 Å². The number of aliphatic imine (C=N–C) groups is 1. The van der Waals surface area contributed by atoms with Crippen LogP contribution in [0.25, 0.3) is 10.9 Å². The zero-order valence-electron chi connectivity index (χ0n) is 14.8. The number of guanidine groups is 1. The van der Waals surface area contributed by atoms with E-state index in [1.807, 2.05) is 24.3 Å². The summed E-state index contributed by atoms with van der Waals surface area (Å²) in [6.45, 7) is 8.10. The quantitative estimate of drug-likeness (QED) is 0.278. The first-order chi connectivity index (χ1) is 11.1. The molecule has 132 valence electrons. The Balaban J connectivity index is 0.00000288. The van der Waals surface area contributed by atoms with Crippen molar-refractivity contribution < 1.29 is 0 Å². The Labute approximate surface area is 161 Å². The summed E-state index contributed by atoms with van der Waals surface area (Å²) < 4.78 is 0. The number of para-hydroxylation sites is 1. The molecule has 0 radical (unpaired) electrons. The molecule has 0 saturated carbocycles. The minimum absolute atomic E-state index is 0. The highest BCUT2D eigenvalue weighted by molar-refractivity contribution is 14.0. The third kappa shape index (κ3) is 6.14. The maximum Gasteiger partial charge on any atom is 0.191 e. The molecule has 24 heavy (non-hydrogen) atoms. The van der Waals surface area contributed by atoms with Crippen molar-refractivity contribution in [2.24, 2.45) is 10.9 Å². The molecule has 5 nitrogen and oxygen atoms in total. The van der Waals surface area contributed by atoms with Gasteiger partial charge in [-0.15, -0.1) is 24.0 Å². The van der Waals surface area contributed by atoms with Crippen LogP contribution in [0.15, 0.2) is 41.4 Å². The largest absolute Gasteiger partial charge is 0.368 e. The summed E-state index contributed by atoms with van der Waals surface area (Å²) in [5, 5.41) is 11.2. The van der Waals surface area contributed by atoms with Crippen LogP contribution in [0.2, 0.25) is 0 Å². The first-order valence-corrected chi connectivity index (χ1v) is 8.17. The smallest absolute Gasteiger partial charge is 0.191 e. The second-order valence-electron chi connectivity index (χ2n) is 5.99. The van der Waals surface area contributed by atoms with Gasteiger partial charge >= 0.3 is 0 Å². The average molecular weight is 441 g/mol. The molecule has 0 bridgehead atoms. The molecule has 0 spiro atoms. The molecular formula is C18H28IN5. The Morgan fingerprint density at radius 1 is 1.08 bits per heavy atom. The lowest BCUT2D eigenvalue weighted by Crippen LogP contribution is -2.45. The first kappa shape index (κ1) is 20.5. The van der Waals surface area contributed by atoms with Crippen LogP contribution in [-0.4, -0.2) is 37.1 Å². The lowest BCUT2D eigenvalue weighted by atomic mass is 10.1. The molecule has 1 aromatic heterocycles. The van der Waals surface area contributed by atoms with Gasteiger partial charge in [0.2, 0.25) is 0 Å². The third-order valence-corrected chi connectivity index (χ3v) is 3.91. The molecular weight excluding hydrogens is 413 g/mol. The van der Waals surface area contributed by atoms with E-state index < -0.39 is 0 Å². The van der Waals surface area contributed by atoms with Gasteiger partial charge in [0, 0.05) is 31.6 Å². The fourth-order valence-electron chi connectivity index (χ4n) is 2.11. The molecule has 0 amide bonds. The number of nitrogens with zero attached hydrogens (tertiary/aromatic N) is 2. The number of aromatic nitrogens is 1. The summed E-state index contributed by atoms with van der Waals surface area (Å²) in [6, 6.07) is 12.6. The van der Waals surface area contributed by atoms with Crippen LogP contribution in [0.1, 0.15) is 20.8 Å². The molecule has 0 aliphatic rings. The van der Waals surface area contributed by atoms with E-state index in [0.29, 0.717) is 12.0 Å².